The van der Waals surface area contributed by atoms with E-state index in [0.29, 0.717) is 13.2 Å². The molecule has 0 aromatic heterocycles. The predicted octanol–water partition coefficient (Wildman–Crippen LogP) is -1.09. The highest BCUT2D eigenvalue weighted by atomic mass is 16.5. The molecule has 0 aliphatic carbocycles. The Morgan fingerprint density at radius 3 is 2.39 bits per heavy atom. The summed E-state index contributed by atoms with van der Waals surface area (Å²) in [4.78, 5) is 32.4. The second-order valence-electron chi connectivity index (χ2n) is 3.50. The highest BCUT2D eigenvalue weighted by Gasteiger charge is 2.07. The summed E-state index contributed by atoms with van der Waals surface area (Å²) in [6.07, 6.45) is -0.110. The van der Waals surface area contributed by atoms with Gasteiger partial charge in [-0.25, -0.2) is 4.79 Å². The van der Waals surface area contributed by atoms with Gasteiger partial charge in [-0.1, -0.05) is 0 Å². The third kappa shape index (κ3) is 9.40. The molecule has 1 atom stereocenters. The third-order valence-corrected chi connectivity index (χ3v) is 1.85. The molecule has 0 bridgehead atoms. The second kappa shape index (κ2) is 9.23. The first-order chi connectivity index (χ1) is 8.45. The molecule has 0 saturated carbocycles. The van der Waals surface area contributed by atoms with Crippen LogP contribution in [0.1, 0.15) is 13.8 Å². The second-order valence-corrected chi connectivity index (χ2v) is 3.50. The van der Waals surface area contributed by atoms with Crippen LogP contribution < -0.4 is 16.0 Å². The van der Waals surface area contributed by atoms with E-state index in [1.54, 1.807) is 0 Å². The van der Waals surface area contributed by atoms with Gasteiger partial charge in [-0.15, -0.1) is 0 Å². The average Bonchev–Trinajstić information content (AvgIpc) is 2.31. The molecule has 0 radical (unpaired) electrons. The molecule has 0 aliphatic rings. The maximum absolute atomic E-state index is 11.2. The van der Waals surface area contributed by atoms with E-state index in [1.165, 1.54) is 0 Å². The van der Waals surface area contributed by atoms with Crippen LogP contribution in [0.15, 0.2) is 0 Å². The number of carbonyl (C=O) groups is 3. The van der Waals surface area contributed by atoms with Crippen molar-refractivity contribution in [2.24, 2.45) is 0 Å². The van der Waals surface area contributed by atoms with Gasteiger partial charge >= 0.3 is 12.0 Å². The molecule has 1 unspecified atom stereocenters. The standard InChI is InChI=1S/C10H19N3O5/c1-3-18-7(2)4-12-10(17)13-5-8(14)11-6-9(15)16/h7H,3-6H2,1-2H3,(H,11,14)(H,15,16)(H2,12,13,17). The van der Waals surface area contributed by atoms with Crippen LogP contribution in [-0.2, 0) is 14.3 Å². The Morgan fingerprint density at radius 1 is 1.17 bits per heavy atom. The van der Waals surface area contributed by atoms with Crippen molar-refractivity contribution >= 4 is 17.9 Å². The number of aliphatic carboxylic acids is 1. The number of carbonyl (C=O) groups excluding carboxylic acids is 2. The number of hydrogen-bond donors (Lipinski definition) is 4. The summed E-state index contributed by atoms with van der Waals surface area (Å²) in [5.74, 6) is -1.70. The Balaban J connectivity index is 3.63. The first kappa shape index (κ1) is 16.2. The average molecular weight is 261 g/mol. The van der Waals surface area contributed by atoms with Crippen LogP contribution >= 0.6 is 0 Å². The zero-order chi connectivity index (χ0) is 14.0. The van der Waals surface area contributed by atoms with E-state index in [-0.39, 0.29) is 12.6 Å². The first-order valence-electron chi connectivity index (χ1n) is 5.57. The molecule has 104 valence electrons. The summed E-state index contributed by atoms with van der Waals surface area (Å²) in [6.45, 7) is 3.80. The number of rotatable bonds is 8. The lowest BCUT2D eigenvalue weighted by atomic mass is 10.4. The minimum absolute atomic E-state index is 0.110. The number of urea groups is 1. The van der Waals surface area contributed by atoms with E-state index < -0.39 is 24.5 Å². The van der Waals surface area contributed by atoms with Crippen molar-refractivity contribution in [1.29, 1.82) is 0 Å². The van der Waals surface area contributed by atoms with E-state index in [9.17, 15) is 14.4 Å². The van der Waals surface area contributed by atoms with Crippen molar-refractivity contribution in [3.63, 3.8) is 0 Å². The summed E-state index contributed by atoms with van der Waals surface area (Å²) in [5, 5.41) is 15.2. The Hall–Kier alpha value is -1.83. The van der Waals surface area contributed by atoms with Gasteiger partial charge < -0.3 is 25.8 Å². The van der Waals surface area contributed by atoms with Gasteiger partial charge in [-0.2, -0.15) is 0 Å². The molecular formula is C10H19N3O5. The number of carboxylic acid groups (broad SMARTS) is 1. The SMILES string of the molecule is CCOC(C)CNC(=O)NCC(=O)NCC(=O)O. The zero-order valence-corrected chi connectivity index (χ0v) is 10.5. The van der Waals surface area contributed by atoms with Gasteiger partial charge in [0.15, 0.2) is 0 Å². The van der Waals surface area contributed by atoms with Gasteiger partial charge in [0, 0.05) is 13.2 Å². The van der Waals surface area contributed by atoms with Crippen molar-refractivity contribution in [3.8, 4) is 0 Å². The lowest BCUT2D eigenvalue weighted by molar-refractivity contribution is -0.137. The fourth-order valence-corrected chi connectivity index (χ4v) is 1.04. The summed E-state index contributed by atoms with van der Waals surface area (Å²) in [5.41, 5.74) is 0. The van der Waals surface area contributed by atoms with E-state index in [0.717, 1.165) is 0 Å². The molecule has 0 fully saturated rings. The molecule has 18 heavy (non-hydrogen) atoms. The molecule has 0 saturated heterocycles. The molecule has 8 nitrogen and oxygen atoms in total. The minimum Gasteiger partial charge on any atom is -0.480 e. The molecule has 0 rings (SSSR count). The molecule has 4 N–H and O–H groups in total. The molecular weight excluding hydrogens is 242 g/mol. The van der Waals surface area contributed by atoms with Crippen LogP contribution in [-0.4, -0.2) is 55.4 Å². The Bertz CT molecular complexity index is 295. The zero-order valence-electron chi connectivity index (χ0n) is 10.5. The molecule has 0 aromatic carbocycles. The molecule has 0 aromatic rings. The number of amides is 3. The lowest BCUT2D eigenvalue weighted by Gasteiger charge is -2.13. The Kier molecular flexibility index (Phi) is 8.29. The number of carboxylic acids is 1. The normalized spacial score (nSPS) is 11.4. The quantitative estimate of drug-likeness (QED) is 0.443. The van der Waals surface area contributed by atoms with Crippen LogP contribution in [0.5, 0.6) is 0 Å². The number of ether oxygens (including phenoxy) is 1. The van der Waals surface area contributed by atoms with Gasteiger partial charge in [0.1, 0.15) is 6.54 Å². The summed E-state index contributed by atoms with van der Waals surface area (Å²) in [7, 11) is 0. The summed E-state index contributed by atoms with van der Waals surface area (Å²) >= 11 is 0. The molecule has 8 heteroatoms. The highest BCUT2D eigenvalue weighted by molar-refractivity contribution is 5.86. The molecule has 0 spiro atoms. The van der Waals surface area contributed by atoms with Crippen LogP contribution in [0, 0.1) is 0 Å². The van der Waals surface area contributed by atoms with Crippen LogP contribution in [0.25, 0.3) is 0 Å². The molecule has 3 amide bonds. The maximum Gasteiger partial charge on any atom is 0.322 e. The largest absolute Gasteiger partial charge is 0.480 e. The van der Waals surface area contributed by atoms with Crippen molar-refractivity contribution < 1.29 is 24.2 Å². The van der Waals surface area contributed by atoms with Gasteiger partial charge in [0.25, 0.3) is 0 Å². The topological polar surface area (TPSA) is 117 Å². The van der Waals surface area contributed by atoms with Gasteiger partial charge in [0.05, 0.1) is 12.6 Å². The fraction of sp³-hybridized carbons (Fsp3) is 0.700. The van der Waals surface area contributed by atoms with E-state index in [2.05, 4.69) is 16.0 Å². The first-order valence-corrected chi connectivity index (χ1v) is 5.57. The van der Waals surface area contributed by atoms with Crippen molar-refractivity contribution in [1.82, 2.24) is 16.0 Å². The predicted molar refractivity (Wildman–Crippen MR) is 63.1 cm³/mol. The number of hydrogen-bond acceptors (Lipinski definition) is 4. The summed E-state index contributed by atoms with van der Waals surface area (Å²) in [6, 6.07) is -0.507. The van der Waals surface area contributed by atoms with Crippen molar-refractivity contribution in [2.45, 2.75) is 20.0 Å². The van der Waals surface area contributed by atoms with Gasteiger partial charge in [0.2, 0.25) is 5.91 Å². The third-order valence-electron chi connectivity index (χ3n) is 1.85. The lowest BCUT2D eigenvalue weighted by Crippen LogP contribution is -2.44. The van der Waals surface area contributed by atoms with Crippen LogP contribution in [0.3, 0.4) is 0 Å². The number of nitrogens with one attached hydrogen (secondary N) is 3. The smallest absolute Gasteiger partial charge is 0.322 e. The minimum atomic E-state index is -1.14. The monoisotopic (exact) mass is 261 g/mol. The van der Waals surface area contributed by atoms with Crippen molar-refractivity contribution in [3.05, 3.63) is 0 Å². The molecule has 0 heterocycles. The van der Waals surface area contributed by atoms with Crippen molar-refractivity contribution in [2.75, 3.05) is 26.2 Å². The Morgan fingerprint density at radius 2 is 1.83 bits per heavy atom. The maximum atomic E-state index is 11.2. The fourth-order valence-electron chi connectivity index (χ4n) is 1.04. The van der Waals surface area contributed by atoms with Crippen LogP contribution in [0.2, 0.25) is 0 Å². The molecule has 0 aliphatic heterocycles. The van der Waals surface area contributed by atoms with E-state index in [4.69, 9.17) is 9.84 Å². The van der Waals surface area contributed by atoms with E-state index >= 15 is 0 Å². The summed E-state index contributed by atoms with van der Waals surface area (Å²) < 4.78 is 5.20. The van der Waals surface area contributed by atoms with Crippen LogP contribution in [0.4, 0.5) is 4.79 Å². The Labute approximate surface area is 105 Å². The van der Waals surface area contributed by atoms with E-state index in [1.807, 2.05) is 13.8 Å². The van der Waals surface area contributed by atoms with Gasteiger partial charge in [-0.05, 0) is 13.8 Å². The highest BCUT2D eigenvalue weighted by Crippen LogP contribution is 1.86. The van der Waals surface area contributed by atoms with Gasteiger partial charge in [-0.3, -0.25) is 9.59 Å².